The molecule has 7 heteroatoms. The molecule has 0 aromatic heterocycles. The van der Waals surface area contributed by atoms with Crippen molar-refractivity contribution in [3.8, 4) is 0 Å². The summed E-state index contributed by atoms with van der Waals surface area (Å²) in [6.45, 7) is 1.69. The lowest BCUT2D eigenvalue weighted by molar-refractivity contribution is -0.149. The Balaban J connectivity index is 2.03. The quantitative estimate of drug-likeness (QED) is 0.796. The lowest BCUT2D eigenvalue weighted by Gasteiger charge is -2.15. The van der Waals surface area contributed by atoms with Gasteiger partial charge in [0.2, 0.25) is 0 Å². The zero-order valence-electron chi connectivity index (χ0n) is 10.8. The molecule has 2 atom stereocenters. The summed E-state index contributed by atoms with van der Waals surface area (Å²) in [5.74, 6) is -0.989. The number of esters is 1. The SMILES string of the molecule is C[C@H](C(=O)O[C@H]1CCS(=O)(=O)C1)c1ccc(Cl)c(Cl)c1. The minimum absolute atomic E-state index is 0.0755. The Morgan fingerprint density at radius 2 is 2.05 bits per heavy atom. The van der Waals surface area contributed by atoms with Gasteiger partial charge in [-0.05, 0) is 31.0 Å². The van der Waals surface area contributed by atoms with Crippen LogP contribution >= 0.6 is 23.2 Å². The van der Waals surface area contributed by atoms with E-state index in [9.17, 15) is 13.2 Å². The summed E-state index contributed by atoms with van der Waals surface area (Å²) in [5.41, 5.74) is 0.685. The Kier molecular flexibility index (Phi) is 4.62. The molecule has 1 saturated heterocycles. The van der Waals surface area contributed by atoms with Crippen molar-refractivity contribution in [1.82, 2.24) is 0 Å². The van der Waals surface area contributed by atoms with Gasteiger partial charge < -0.3 is 4.74 Å². The largest absolute Gasteiger partial charge is 0.461 e. The minimum atomic E-state index is -3.06. The normalized spacial score (nSPS) is 22.4. The highest BCUT2D eigenvalue weighted by molar-refractivity contribution is 7.91. The zero-order chi connectivity index (χ0) is 14.9. The molecular weight excluding hydrogens is 323 g/mol. The number of carbonyl (C=O) groups excluding carboxylic acids is 1. The molecule has 1 fully saturated rings. The molecule has 1 aromatic carbocycles. The van der Waals surface area contributed by atoms with Gasteiger partial charge in [-0.15, -0.1) is 0 Å². The summed E-state index contributed by atoms with van der Waals surface area (Å²) in [7, 11) is -3.06. The van der Waals surface area contributed by atoms with Gasteiger partial charge in [-0.2, -0.15) is 0 Å². The van der Waals surface area contributed by atoms with Crippen LogP contribution in [0.4, 0.5) is 0 Å². The van der Waals surface area contributed by atoms with E-state index in [-0.39, 0.29) is 11.5 Å². The number of sulfone groups is 1. The molecule has 0 saturated carbocycles. The monoisotopic (exact) mass is 336 g/mol. The maximum atomic E-state index is 12.0. The highest BCUT2D eigenvalue weighted by Crippen LogP contribution is 2.27. The highest BCUT2D eigenvalue weighted by Gasteiger charge is 2.32. The molecule has 0 amide bonds. The zero-order valence-corrected chi connectivity index (χ0v) is 13.1. The van der Waals surface area contributed by atoms with Crippen LogP contribution in [0, 0.1) is 0 Å². The minimum Gasteiger partial charge on any atom is -0.461 e. The molecular formula is C13H14Cl2O4S. The molecule has 0 N–H and O–H groups in total. The second-order valence-electron chi connectivity index (χ2n) is 4.86. The summed E-state index contributed by atoms with van der Waals surface area (Å²) >= 11 is 11.7. The van der Waals surface area contributed by atoms with Gasteiger partial charge in [0.05, 0.1) is 27.5 Å². The van der Waals surface area contributed by atoms with E-state index < -0.39 is 27.8 Å². The van der Waals surface area contributed by atoms with Crippen LogP contribution in [-0.4, -0.2) is 32.0 Å². The van der Waals surface area contributed by atoms with Gasteiger partial charge in [-0.25, -0.2) is 8.42 Å². The third kappa shape index (κ3) is 3.65. The molecule has 1 heterocycles. The fourth-order valence-corrected chi connectivity index (χ4v) is 3.93. The highest BCUT2D eigenvalue weighted by atomic mass is 35.5. The van der Waals surface area contributed by atoms with Crippen LogP contribution in [0.5, 0.6) is 0 Å². The van der Waals surface area contributed by atoms with Gasteiger partial charge in [-0.3, -0.25) is 4.79 Å². The van der Waals surface area contributed by atoms with Crippen molar-refractivity contribution in [3.05, 3.63) is 33.8 Å². The van der Waals surface area contributed by atoms with Crippen LogP contribution in [-0.2, 0) is 19.4 Å². The molecule has 0 spiro atoms. The molecule has 0 bridgehead atoms. The van der Waals surface area contributed by atoms with E-state index in [4.69, 9.17) is 27.9 Å². The summed E-state index contributed by atoms with van der Waals surface area (Å²) in [6.07, 6.45) is -0.181. The van der Waals surface area contributed by atoms with Crippen LogP contribution in [0.25, 0.3) is 0 Å². The third-order valence-corrected chi connectivity index (χ3v) is 5.75. The van der Waals surface area contributed by atoms with Gasteiger partial charge >= 0.3 is 5.97 Å². The first-order chi connectivity index (χ1) is 9.28. The van der Waals surface area contributed by atoms with E-state index >= 15 is 0 Å². The predicted octanol–water partition coefficient (Wildman–Crippen LogP) is 2.83. The molecule has 1 aromatic rings. The molecule has 20 heavy (non-hydrogen) atoms. The number of hydrogen-bond acceptors (Lipinski definition) is 4. The Bertz CT molecular complexity index is 627. The van der Waals surface area contributed by atoms with E-state index in [1.165, 1.54) is 0 Å². The van der Waals surface area contributed by atoms with E-state index in [0.717, 1.165) is 0 Å². The van der Waals surface area contributed by atoms with Crippen LogP contribution < -0.4 is 0 Å². The molecule has 2 rings (SSSR count). The first-order valence-corrected chi connectivity index (χ1v) is 8.72. The summed E-state index contributed by atoms with van der Waals surface area (Å²) < 4.78 is 27.9. The van der Waals surface area contributed by atoms with Crippen LogP contribution in [0.3, 0.4) is 0 Å². The van der Waals surface area contributed by atoms with E-state index in [1.54, 1.807) is 25.1 Å². The van der Waals surface area contributed by atoms with Crippen LogP contribution in [0.15, 0.2) is 18.2 Å². The molecule has 1 aliphatic rings. The lowest BCUT2D eigenvalue weighted by atomic mass is 10.0. The number of halogens is 2. The molecule has 4 nitrogen and oxygen atoms in total. The van der Waals surface area contributed by atoms with Gasteiger partial charge in [0.25, 0.3) is 0 Å². The van der Waals surface area contributed by atoms with E-state index in [0.29, 0.717) is 22.0 Å². The Morgan fingerprint density at radius 3 is 2.60 bits per heavy atom. The second-order valence-corrected chi connectivity index (χ2v) is 7.90. The average Bonchev–Trinajstić information content (AvgIpc) is 2.71. The Morgan fingerprint density at radius 1 is 1.35 bits per heavy atom. The first kappa shape index (κ1) is 15.6. The fraction of sp³-hybridized carbons (Fsp3) is 0.462. The molecule has 1 aliphatic heterocycles. The molecule has 0 unspecified atom stereocenters. The van der Waals surface area contributed by atoms with Crippen molar-refractivity contribution in [2.24, 2.45) is 0 Å². The van der Waals surface area contributed by atoms with Crippen molar-refractivity contribution in [3.63, 3.8) is 0 Å². The van der Waals surface area contributed by atoms with Crippen LogP contribution in [0.2, 0.25) is 10.0 Å². The van der Waals surface area contributed by atoms with Crippen molar-refractivity contribution in [2.75, 3.05) is 11.5 Å². The lowest BCUT2D eigenvalue weighted by Crippen LogP contribution is -2.22. The number of carbonyl (C=O) groups is 1. The van der Waals surface area contributed by atoms with Gasteiger partial charge in [-0.1, -0.05) is 29.3 Å². The van der Waals surface area contributed by atoms with Crippen molar-refractivity contribution in [1.29, 1.82) is 0 Å². The maximum Gasteiger partial charge on any atom is 0.313 e. The van der Waals surface area contributed by atoms with E-state index in [2.05, 4.69) is 0 Å². The van der Waals surface area contributed by atoms with Crippen LogP contribution in [0.1, 0.15) is 24.8 Å². The van der Waals surface area contributed by atoms with Gasteiger partial charge in [0, 0.05) is 0 Å². The van der Waals surface area contributed by atoms with Gasteiger partial charge in [0.15, 0.2) is 9.84 Å². The Labute approximate surface area is 127 Å². The standard InChI is InChI=1S/C13H14Cl2O4S/c1-8(9-2-3-11(14)12(15)6-9)13(16)19-10-4-5-20(17,18)7-10/h2-3,6,8,10H,4-5,7H2,1H3/t8-,10-/m0/s1. The van der Waals surface area contributed by atoms with Crippen molar-refractivity contribution < 1.29 is 17.9 Å². The topological polar surface area (TPSA) is 60.4 Å². The number of benzene rings is 1. The van der Waals surface area contributed by atoms with Crippen molar-refractivity contribution in [2.45, 2.75) is 25.4 Å². The molecule has 110 valence electrons. The third-order valence-electron chi connectivity index (χ3n) is 3.27. The predicted molar refractivity (Wildman–Crippen MR) is 78.0 cm³/mol. The van der Waals surface area contributed by atoms with E-state index in [1.807, 2.05) is 0 Å². The number of ether oxygens (including phenoxy) is 1. The molecule has 0 radical (unpaired) electrons. The fourth-order valence-electron chi connectivity index (χ4n) is 2.04. The van der Waals surface area contributed by atoms with Crippen molar-refractivity contribution >= 4 is 39.0 Å². The average molecular weight is 337 g/mol. The summed E-state index contributed by atoms with van der Waals surface area (Å²) in [4.78, 5) is 12.0. The Hall–Kier alpha value is -0.780. The molecule has 0 aliphatic carbocycles. The summed E-state index contributed by atoms with van der Waals surface area (Å²) in [6, 6.07) is 4.93. The van der Waals surface area contributed by atoms with Gasteiger partial charge in [0.1, 0.15) is 6.10 Å². The maximum absolute atomic E-state index is 12.0. The number of rotatable bonds is 3. The second kappa shape index (κ2) is 5.92. The first-order valence-electron chi connectivity index (χ1n) is 6.14. The summed E-state index contributed by atoms with van der Waals surface area (Å²) in [5, 5.41) is 0.783. The smallest absolute Gasteiger partial charge is 0.313 e. The number of hydrogen-bond donors (Lipinski definition) is 0.